The van der Waals surface area contributed by atoms with E-state index < -0.39 is 10.7 Å². The molecule has 0 bridgehead atoms. The van der Waals surface area contributed by atoms with Gasteiger partial charge in [-0.1, -0.05) is 0 Å². The molecule has 0 aromatic rings. The minimum absolute atomic E-state index is 0.703. The molecule has 0 aromatic heterocycles. The third-order valence-corrected chi connectivity index (χ3v) is 0.903. The molecule has 0 amide bonds. The van der Waals surface area contributed by atoms with Crippen LogP contribution in [0.5, 0.6) is 0 Å². The van der Waals surface area contributed by atoms with Crippen LogP contribution < -0.4 is 0 Å². The van der Waals surface area contributed by atoms with Crippen molar-refractivity contribution in [3.8, 4) is 0 Å². The highest BCUT2D eigenvalue weighted by molar-refractivity contribution is 9.10. The molecule has 0 fully saturated rings. The van der Waals surface area contributed by atoms with Gasteiger partial charge in [0.2, 0.25) is 0 Å². The van der Waals surface area contributed by atoms with Crippen LogP contribution in [0.3, 0.4) is 0 Å². The van der Waals surface area contributed by atoms with E-state index in [1.807, 2.05) is 15.9 Å². The van der Waals surface area contributed by atoms with Crippen molar-refractivity contribution in [1.29, 1.82) is 0 Å². The maximum absolute atomic E-state index is 11.7. The summed E-state index contributed by atoms with van der Waals surface area (Å²) in [6.45, 7) is 1.20. The Morgan fingerprint density at radius 2 is 2.00 bits per heavy atom. The Morgan fingerprint density at radius 3 is 2.00 bits per heavy atom. The van der Waals surface area contributed by atoms with Gasteiger partial charge in [0.05, 0.1) is 0 Å². The SMILES string of the molecule is CC=C(F)C(F)(F)Br. The van der Waals surface area contributed by atoms with E-state index in [1.165, 1.54) is 6.92 Å². The summed E-state index contributed by atoms with van der Waals surface area (Å²) in [6.07, 6.45) is 0.703. The van der Waals surface area contributed by atoms with Crippen LogP contribution in [0.15, 0.2) is 11.9 Å². The van der Waals surface area contributed by atoms with Crippen molar-refractivity contribution in [3.05, 3.63) is 11.9 Å². The highest BCUT2D eigenvalue weighted by Crippen LogP contribution is 2.31. The summed E-state index contributed by atoms with van der Waals surface area (Å²) in [7, 11) is 0. The second-order valence-corrected chi connectivity index (χ2v) is 2.13. The van der Waals surface area contributed by atoms with Crippen LogP contribution >= 0.6 is 15.9 Å². The first-order valence-electron chi connectivity index (χ1n) is 1.87. The predicted octanol–water partition coefficient (Wildman–Crippen LogP) is 2.85. The number of halogens is 4. The first-order valence-corrected chi connectivity index (χ1v) is 2.66. The Kier molecular flexibility index (Phi) is 2.53. The molecule has 0 heterocycles. The third kappa shape index (κ3) is 2.35. The van der Waals surface area contributed by atoms with Gasteiger partial charge in [0, 0.05) is 0 Å². The van der Waals surface area contributed by atoms with E-state index >= 15 is 0 Å². The molecule has 0 aliphatic heterocycles. The average Bonchev–Trinajstić information content (AvgIpc) is 1.62. The van der Waals surface area contributed by atoms with Gasteiger partial charge < -0.3 is 0 Å². The molecule has 0 unspecified atom stereocenters. The molecular weight excluding hydrogens is 185 g/mol. The molecule has 0 nitrogen and oxygen atoms in total. The van der Waals surface area contributed by atoms with Crippen molar-refractivity contribution >= 4 is 15.9 Å². The van der Waals surface area contributed by atoms with Gasteiger partial charge in [-0.2, -0.15) is 8.78 Å². The Bertz CT molecular complexity index is 102. The molecule has 0 atom stereocenters. The summed E-state index contributed by atoms with van der Waals surface area (Å²) in [4.78, 5) is -3.48. The molecule has 48 valence electrons. The summed E-state index contributed by atoms with van der Waals surface area (Å²) in [5, 5.41) is 0. The summed E-state index contributed by atoms with van der Waals surface area (Å²) >= 11 is 1.83. The molecular formula is C4H4BrF3. The zero-order chi connectivity index (χ0) is 6.78. The average molecular weight is 189 g/mol. The topological polar surface area (TPSA) is 0 Å². The fourth-order valence-corrected chi connectivity index (χ4v) is 0.393. The first-order chi connectivity index (χ1) is 3.48. The van der Waals surface area contributed by atoms with Gasteiger partial charge in [-0.3, -0.25) is 0 Å². The van der Waals surface area contributed by atoms with E-state index in [-0.39, 0.29) is 0 Å². The minimum Gasteiger partial charge on any atom is -0.204 e. The van der Waals surface area contributed by atoms with Crippen LogP contribution in [0, 0.1) is 0 Å². The summed E-state index contributed by atoms with van der Waals surface area (Å²) in [5.74, 6) is -1.46. The molecule has 8 heavy (non-hydrogen) atoms. The standard InChI is InChI=1S/C4H4BrF3/c1-2-3(6)4(5,7)8/h2H,1H3. The van der Waals surface area contributed by atoms with E-state index in [9.17, 15) is 13.2 Å². The molecule has 0 radical (unpaired) electrons. The van der Waals surface area contributed by atoms with Crippen molar-refractivity contribution in [1.82, 2.24) is 0 Å². The van der Waals surface area contributed by atoms with Gasteiger partial charge in [0.25, 0.3) is 0 Å². The van der Waals surface area contributed by atoms with Crippen molar-refractivity contribution in [2.45, 2.75) is 11.8 Å². The molecule has 0 saturated heterocycles. The zero-order valence-electron chi connectivity index (χ0n) is 4.09. The third-order valence-electron chi connectivity index (χ3n) is 0.524. The van der Waals surface area contributed by atoms with Crippen LogP contribution in [0.4, 0.5) is 13.2 Å². The summed E-state index contributed by atoms with van der Waals surface area (Å²) < 4.78 is 34.9. The Morgan fingerprint density at radius 1 is 1.62 bits per heavy atom. The predicted molar refractivity (Wildman–Crippen MR) is 28.7 cm³/mol. The Hall–Kier alpha value is 0.01000. The van der Waals surface area contributed by atoms with Crippen molar-refractivity contribution < 1.29 is 13.2 Å². The quantitative estimate of drug-likeness (QED) is 0.556. The van der Waals surface area contributed by atoms with Gasteiger partial charge in [-0.25, -0.2) is 4.39 Å². The van der Waals surface area contributed by atoms with Gasteiger partial charge in [-0.15, -0.1) is 0 Å². The van der Waals surface area contributed by atoms with E-state index in [4.69, 9.17) is 0 Å². The number of hydrogen-bond donors (Lipinski definition) is 0. The van der Waals surface area contributed by atoms with Crippen molar-refractivity contribution in [3.63, 3.8) is 0 Å². The van der Waals surface area contributed by atoms with E-state index in [1.54, 1.807) is 0 Å². The lowest BCUT2D eigenvalue weighted by Crippen LogP contribution is -2.03. The highest BCUT2D eigenvalue weighted by atomic mass is 79.9. The lowest BCUT2D eigenvalue weighted by Gasteiger charge is -2.01. The Balaban J connectivity index is 4.03. The molecule has 0 aliphatic carbocycles. The van der Waals surface area contributed by atoms with Gasteiger partial charge >= 0.3 is 4.83 Å². The Labute approximate surface area is 53.5 Å². The minimum atomic E-state index is -3.48. The molecule has 0 rings (SSSR count). The van der Waals surface area contributed by atoms with E-state index in [0.29, 0.717) is 6.08 Å². The second kappa shape index (κ2) is 2.53. The number of allylic oxidation sites excluding steroid dienone is 2. The molecule has 0 aliphatic rings. The van der Waals surface area contributed by atoms with Gasteiger partial charge in [-0.05, 0) is 28.9 Å². The lowest BCUT2D eigenvalue weighted by atomic mass is 10.5. The number of rotatable bonds is 1. The van der Waals surface area contributed by atoms with Crippen LogP contribution in [0.2, 0.25) is 0 Å². The van der Waals surface area contributed by atoms with E-state index in [2.05, 4.69) is 0 Å². The molecule has 0 spiro atoms. The molecule has 4 heteroatoms. The fraction of sp³-hybridized carbons (Fsp3) is 0.500. The van der Waals surface area contributed by atoms with Crippen LogP contribution in [-0.2, 0) is 0 Å². The molecule has 0 N–H and O–H groups in total. The fourth-order valence-electron chi connectivity index (χ4n) is 0.164. The largest absolute Gasteiger partial charge is 0.351 e. The normalized spacial score (nSPS) is 14.4. The van der Waals surface area contributed by atoms with Crippen LogP contribution in [0.25, 0.3) is 0 Å². The highest BCUT2D eigenvalue weighted by Gasteiger charge is 2.29. The molecule has 0 saturated carbocycles. The maximum Gasteiger partial charge on any atom is 0.351 e. The zero-order valence-corrected chi connectivity index (χ0v) is 5.68. The summed E-state index contributed by atoms with van der Waals surface area (Å²) in [5.41, 5.74) is 0. The molecule has 0 aromatic carbocycles. The summed E-state index contributed by atoms with van der Waals surface area (Å²) in [6, 6.07) is 0. The van der Waals surface area contributed by atoms with Gasteiger partial charge in [0.15, 0.2) is 5.83 Å². The van der Waals surface area contributed by atoms with E-state index in [0.717, 1.165) is 0 Å². The maximum atomic E-state index is 11.7. The van der Waals surface area contributed by atoms with Gasteiger partial charge in [0.1, 0.15) is 0 Å². The van der Waals surface area contributed by atoms with Crippen LogP contribution in [0.1, 0.15) is 6.92 Å². The monoisotopic (exact) mass is 188 g/mol. The lowest BCUT2D eigenvalue weighted by molar-refractivity contribution is 0.127. The van der Waals surface area contributed by atoms with Crippen molar-refractivity contribution in [2.24, 2.45) is 0 Å². The van der Waals surface area contributed by atoms with Crippen LogP contribution in [-0.4, -0.2) is 4.83 Å². The first kappa shape index (κ1) is 8.01. The van der Waals surface area contributed by atoms with Crippen molar-refractivity contribution in [2.75, 3.05) is 0 Å². The smallest absolute Gasteiger partial charge is 0.204 e. The second-order valence-electron chi connectivity index (χ2n) is 1.13. The number of alkyl halides is 3. The number of hydrogen-bond acceptors (Lipinski definition) is 0.